The van der Waals surface area contributed by atoms with Crippen LogP contribution in [-0.4, -0.2) is 51.6 Å². The minimum absolute atomic E-state index is 0.385. The topological polar surface area (TPSA) is 39.6 Å². The van der Waals surface area contributed by atoms with Gasteiger partial charge in [-0.25, -0.2) is 0 Å². The molecule has 4 fully saturated rings. The summed E-state index contributed by atoms with van der Waals surface area (Å²) in [6.07, 6.45) is 6.51. The average Bonchev–Trinajstić information content (AvgIpc) is 3.05. The highest BCUT2D eigenvalue weighted by atomic mass is 16.3. The lowest BCUT2D eigenvalue weighted by Gasteiger charge is -2.51. The standard InChI is InChI=1S/C21H25N3O/c25-18-5-1-4-17(11-18)19-14-24(13-15-3-2-8-22-12-15)20-16-6-9-23(10-7-16)21(19)20/h1-5,8,11-12,16,19-21,25H,6-7,9-10,13-14H2/t19-,20+,21+/m0/s1. The van der Waals surface area contributed by atoms with Gasteiger partial charge in [0, 0.05) is 43.5 Å². The summed E-state index contributed by atoms with van der Waals surface area (Å²) in [5, 5.41) is 9.97. The van der Waals surface area contributed by atoms with Gasteiger partial charge in [0.15, 0.2) is 0 Å². The molecule has 0 amide bonds. The van der Waals surface area contributed by atoms with Crippen LogP contribution in [0.3, 0.4) is 0 Å². The van der Waals surface area contributed by atoms with Crippen molar-refractivity contribution in [2.45, 2.75) is 37.4 Å². The van der Waals surface area contributed by atoms with E-state index in [1.165, 1.54) is 37.1 Å². The zero-order valence-electron chi connectivity index (χ0n) is 14.5. The number of rotatable bonds is 3. The van der Waals surface area contributed by atoms with Crippen LogP contribution in [0.15, 0.2) is 48.8 Å². The number of benzene rings is 1. The third kappa shape index (κ3) is 2.64. The number of fused-ring (bicyclic) bond motifs is 2. The molecule has 0 saturated carbocycles. The minimum atomic E-state index is 0.385. The number of aromatic nitrogens is 1. The first-order valence-electron chi connectivity index (χ1n) is 9.45. The zero-order chi connectivity index (χ0) is 16.8. The van der Waals surface area contributed by atoms with Crippen molar-refractivity contribution in [1.29, 1.82) is 0 Å². The molecule has 4 aliphatic heterocycles. The van der Waals surface area contributed by atoms with Crippen LogP contribution < -0.4 is 0 Å². The van der Waals surface area contributed by atoms with E-state index in [0.717, 1.165) is 19.0 Å². The van der Waals surface area contributed by atoms with Crippen LogP contribution in [0.1, 0.15) is 29.9 Å². The highest BCUT2D eigenvalue weighted by Crippen LogP contribution is 2.47. The lowest BCUT2D eigenvalue weighted by molar-refractivity contribution is -0.00871. The van der Waals surface area contributed by atoms with Crippen molar-refractivity contribution >= 4 is 0 Å². The highest BCUT2D eigenvalue weighted by molar-refractivity contribution is 5.33. The Morgan fingerprint density at radius 2 is 1.96 bits per heavy atom. The predicted molar refractivity (Wildman–Crippen MR) is 97.4 cm³/mol. The van der Waals surface area contributed by atoms with E-state index < -0.39 is 0 Å². The van der Waals surface area contributed by atoms with Gasteiger partial charge in [-0.05, 0) is 61.2 Å². The van der Waals surface area contributed by atoms with Gasteiger partial charge in [0.2, 0.25) is 0 Å². The molecule has 2 aromatic rings. The second-order valence-electron chi connectivity index (χ2n) is 7.85. The number of pyridine rings is 1. The number of likely N-dealkylation sites (tertiary alicyclic amines) is 1. The smallest absolute Gasteiger partial charge is 0.115 e. The van der Waals surface area contributed by atoms with Gasteiger partial charge in [-0.1, -0.05) is 18.2 Å². The molecule has 6 rings (SSSR count). The van der Waals surface area contributed by atoms with Crippen LogP contribution in [0, 0.1) is 5.92 Å². The van der Waals surface area contributed by atoms with Gasteiger partial charge in [-0.15, -0.1) is 0 Å². The molecule has 25 heavy (non-hydrogen) atoms. The maximum absolute atomic E-state index is 9.97. The molecule has 1 N–H and O–H groups in total. The number of hydrogen-bond acceptors (Lipinski definition) is 4. The van der Waals surface area contributed by atoms with Crippen molar-refractivity contribution in [2.24, 2.45) is 5.92 Å². The van der Waals surface area contributed by atoms with Crippen molar-refractivity contribution in [3.8, 4) is 5.75 Å². The molecule has 1 aromatic heterocycles. The Balaban J connectivity index is 1.49. The molecule has 0 radical (unpaired) electrons. The van der Waals surface area contributed by atoms with Crippen molar-refractivity contribution in [3.63, 3.8) is 0 Å². The van der Waals surface area contributed by atoms with Crippen LogP contribution >= 0.6 is 0 Å². The van der Waals surface area contributed by atoms with E-state index >= 15 is 0 Å². The summed E-state index contributed by atoms with van der Waals surface area (Å²) in [5.74, 6) is 1.68. The van der Waals surface area contributed by atoms with Gasteiger partial charge >= 0.3 is 0 Å². The lowest BCUT2D eigenvalue weighted by atomic mass is 9.75. The van der Waals surface area contributed by atoms with Crippen molar-refractivity contribution in [3.05, 3.63) is 59.9 Å². The van der Waals surface area contributed by atoms with Crippen LogP contribution in [0.4, 0.5) is 0 Å². The average molecular weight is 335 g/mol. The maximum Gasteiger partial charge on any atom is 0.115 e. The van der Waals surface area contributed by atoms with Gasteiger partial charge in [-0.2, -0.15) is 0 Å². The monoisotopic (exact) mass is 335 g/mol. The third-order valence-electron chi connectivity index (χ3n) is 6.50. The first kappa shape index (κ1) is 15.4. The molecule has 130 valence electrons. The second kappa shape index (κ2) is 6.11. The number of phenols is 1. The molecule has 0 unspecified atom stereocenters. The Morgan fingerprint density at radius 3 is 2.72 bits per heavy atom. The van der Waals surface area contributed by atoms with E-state index in [2.05, 4.69) is 26.9 Å². The number of piperidine rings is 3. The van der Waals surface area contributed by atoms with Crippen LogP contribution in [0.25, 0.3) is 0 Å². The zero-order valence-corrected chi connectivity index (χ0v) is 14.5. The van der Waals surface area contributed by atoms with Gasteiger partial charge in [0.1, 0.15) is 5.75 Å². The largest absolute Gasteiger partial charge is 0.508 e. The fourth-order valence-electron chi connectivity index (χ4n) is 5.50. The van der Waals surface area contributed by atoms with Gasteiger partial charge in [0.25, 0.3) is 0 Å². The molecule has 4 nitrogen and oxygen atoms in total. The molecule has 0 spiro atoms. The van der Waals surface area contributed by atoms with E-state index in [0.29, 0.717) is 23.8 Å². The van der Waals surface area contributed by atoms with Crippen LogP contribution in [0.2, 0.25) is 0 Å². The molecule has 4 heteroatoms. The summed E-state index contributed by atoms with van der Waals surface area (Å²) >= 11 is 0. The Morgan fingerprint density at radius 1 is 1.08 bits per heavy atom. The molecule has 2 bridgehead atoms. The third-order valence-corrected chi connectivity index (χ3v) is 6.50. The van der Waals surface area contributed by atoms with Gasteiger partial charge in [0.05, 0.1) is 0 Å². The number of hydrogen-bond donors (Lipinski definition) is 1. The van der Waals surface area contributed by atoms with E-state index in [9.17, 15) is 5.11 Å². The van der Waals surface area contributed by atoms with Crippen molar-refractivity contribution < 1.29 is 5.11 Å². The molecular formula is C21H25N3O. The SMILES string of the molecule is Oc1cccc([C@@H]2CN(Cc3cccnc3)[C@@H]3C4CCN(CC4)[C@@H]32)c1. The van der Waals surface area contributed by atoms with E-state index in [4.69, 9.17) is 0 Å². The maximum atomic E-state index is 9.97. The lowest BCUT2D eigenvalue weighted by Crippen LogP contribution is -2.59. The Labute approximate surface area is 149 Å². The van der Waals surface area contributed by atoms with E-state index in [1.807, 2.05) is 30.6 Å². The molecule has 5 heterocycles. The first-order chi connectivity index (χ1) is 12.3. The molecule has 3 atom stereocenters. The van der Waals surface area contributed by atoms with E-state index in [-0.39, 0.29) is 0 Å². The Kier molecular flexibility index (Phi) is 3.75. The summed E-state index contributed by atoms with van der Waals surface area (Å²) < 4.78 is 0. The molecule has 4 saturated heterocycles. The summed E-state index contributed by atoms with van der Waals surface area (Å²) in [4.78, 5) is 9.70. The Hall–Kier alpha value is -1.91. The van der Waals surface area contributed by atoms with Crippen LogP contribution in [-0.2, 0) is 6.54 Å². The number of nitrogens with zero attached hydrogens (tertiary/aromatic N) is 3. The van der Waals surface area contributed by atoms with Gasteiger partial charge < -0.3 is 5.11 Å². The minimum Gasteiger partial charge on any atom is -0.508 e. The summed E-state index contributed by atoms with van der Waals surface area (Å²) in [6, 6.07) is 13.4. The Bertz CT molecular complexity index is 742. The fourth-order valence-corrected chi connectivity index (χ4v) is 5.50. The fraction of sp³-hybridized carbons (Fsp3) is 0.476. The predicted octanol–water partition coefficient (Wildman–Crippen LogP) is 2.85. The first-order valence-corrected chi connectivity index (χ1v) is 9.45. The van der Waals surface area contributed by atoms with Crippen molar-refractivity contribution in [1.82, 2.24) is 14.8 Å². The second-order valence-corrected chi connectivity index (χ2v) is 7.85. The van der Waals surface area contributed by atoms with E-state index in [1.54, 1.807) is 6.07 Å². The van der Waals surface area contributed by atoms with Crippen molar-refractivity contribution in [2.75, 3.05) is 19.6 Å². The quantitative estimate of drug-likeness (QED) is 0.936. The summed E-state index contributed by atoms with van der Waals surface area (Å²) in [5.41, 5.74) is 2.59. The number of aromatic hydroxyl groups is 1. The summed E-state index contributed by atoms with van der Waals surface area (Å²) in [6.45, 7) is 4.53. The summed E-state index contributed by atoms with van der Waals surface area (Å²) in [7, 11) is 0. The molecule has 0 aliphatic carbocycles. The molecule has 1 aromatic carbocycles. The number of phenolic OH excluding ortho intramolecular Hbond substituents is 1. The molecular weight excluding hydrogens is 310 g/mol. The van der Waals surface area contributed by atoms with Crippen LogP contribution in [0.5, 0.6) is 5.75 Å². The highest BCUT2D eigenvalue weighted by Gasteiger charge is 2.53. The van der Waals surface area contributed by atoms with Gasteiger partial charge in [-0.3, -0.25) is 14.8 Å². The molecule has 4 aliphatic rings. The normalized spacial score (nSPS) is 34.2.